The fourth-order valence-corrected chi connectivity index (χ4v) is 4.66. The maximum atomic E-state index is 13.0. The minimum Gasteiger partial charge on any atom is -0.327 e. The minimum atomic E-state index is 0.124. The van der Waals surface area contributed by atoms with E-state index in [-0.39, 0.29) is 11.8 Å². The molecule has 0 aliphatic carbocycles. The van der Waals surface area contributed by atoms with Crippen LogP contribution in [0.1, 0.15) is 48.7 Å². The van der Waals surface area contributed by atoms with E-state index in [2.05, 4.69) is 69.5 Å². The zero-order valence-electron chi connectivity index (χ0n) is 17.5. The fourth-order valence-electron chi connectivity index (χ4n) is 4.66. The topological polar surface area (TPSA) is 38.1 Å². The third kappa shape index (κ3) is 3.21. The number of aromatic nitrogens is 2. The summed E-state index contributed by atoms with van der Waals surface area (Å²) in [7, 11) is 0. The van der Waals surface area contributed by atoms with Gasteiger partial charge in [0, 0.05) is 31.1 Å². The molecule has 1 aliphatic heterocycles. The number of benzene rings is 2. The maximum Gasteiger partial charge on any atom is 0.227 e. The molecule has 28 heavy (non-hydrogen) atoms. The van der Waals surface area contributed by atoms with Crippen LogP contribution in [0.15, 0.2) is 36.4 Å². The number of nitrogens with zero attached hydrogens (tertiary/aromatic N) is 3. The molecular weight excluding hydrogens is 346 g/mol. The van der Waals surface area contributed by atoms with E-state index >= 15 is 0 Å². The first kappa shape index (κ1) is 18.7. The molecule has 2 aromatic carbocycles. The number of hydrogen-bond donors (Lipinski definition) is 0. The number of carbonyl (C=O) groups excluding carboxylic acids is 1. The molecule has 1 aliphatic rings. The molecule has 4 heteroatoms. The van der Waals surface area contributed by atoms with Crippen molar-refractivity contribution >= 4 is 22.6 Å². The SMILES string of the molecule is Cc1cc(C)c(N2C[C@H](c3nc4ccccc4n3CC(C)C)CC2=O)c(C)c1. The van der Waals surface area contributed by atoms with Crippen LogP contribution in [-0.2, 0) is 11.3 Å². The van der Waals surface area contributed by atoms with E-state index in [9.17, 15) is 4.79 Å². The smallest absolute Gasteiger partial charge is 0.227 e. The van der Waals surface area contributed by atoms with Crippen LogP contribution in [-0.4, -0.2) is 22.0 Å². The van der Waals surface area contributed by atoms with Gasteiger partial charge in [0.2, 0.25) is 5.91 Å². The van der Waals surface area contributed by atoms with Gasteiger partial charge in [-0.3, -0.25) is 4.79 Å². The predicted octanol–water partition coefficient (Wildman–Crippen LogP) is 5.14. The number of hydrogen-bond acceptors (Lipinski definition) is 2. The highest BCUT2D eigenvalue weighted by molar-refractivity contribution is 5.98. The summed E-state index contributed by atoms with van der Waals surface area (Å²) in [5, 5.41) is 0. The molecule has 0 unspecified atom stereocenters. The van der Waals surface area contributed by atoms with Gasteiger partial charge in [-0.25, -0.2) is 4.98 Å². The Morgan fingerprint density at radius 3 is 2.46 bits per heavy atom. The molecule has 0 bridgehead atoms. The van der Waals surface area contributed by atoms with Crippen molar-refractivity contribution in [3.05, 3.63) is 58.9 Å². The third-order valence-corrected chi connectivity index (χ3v) is 5.63. The minimum absolute atomic E-state index is 0.124. The van der Waals surface area contributed by atoms with Gasteiger partial charge in [0.1, 0.15) is 5.82 Å². The second-order valence-corrected chi connectivity index (χ2v) is 8.62. The molecule has 1 fully saturated rings. The lowest BCUT2D eigenvalue weighted by atomic mass is 10.0. The van der Waals surface area contributed by atoms with Crippen LogP contribution < -0.4 is 4.90 Å². The van der Waals surface area contributed by atoms with E-state index in [4.69, 9.17) is 4.98 Å². The van der Waals surface area contributed by atoms with E-state index in [1.165, 1.54) is 22.2 Å². The lowest BCUT2D eigenvalue weighted by Gasteiger charge is -2.22. The molecule has 1 saturated heterocycles. The molecule has 0 spiro atoms. The van der Waals surface area contributed by atoms with E-state index in [0.717, 1.165) is 23.6 Å². The van der Waals surface area contributed by atoms with Crippen LogP contribution in [0, 0.1) is 26.7 Å². The first-order chi connectivity index (χ1) is 13.3. The van der Waals surface area contributed by atoms with Gasteiger partial charge >= 0.3 is 0 Å². The number of amides is 1. The molecule has 146 valence electrons. The van der Waals surface area contributed by atoms with Crippen LogP contribution >= 0.6 is 0 Å². The zero-order valence-corrected chi connectivity index (χ0v) is 17.5. The Morgan fingerprint density at radius 2 is 1.79 bits per heavy atom. The van der Waals surface area contributed by atoms with Gasteiger partial charge in [0.25, 0.3) is 0 Å². The Morgan fingerprint density at radius 1 is 1.11 bits per heavy atom. The number of carbonyl (C=O) groups is 1. The molecule has 4 nitrogen and oxygen atoms in total. The van der Waals surface area contributed by atoms with Crippen LogP contribution in [0.3, 0.4) is 0 Å². The van der Waals surface area contributed by atoms with Gasteiger partial charge in [-0.2, -0.15) is 0 Å². The monoisotopic (exact) mass is 375 g/mol. The van der Waals surface area contributed by atoms with Crippen molar-refractivity contribution in [1.82, 2.24) is 9.55 Å². The zero-order chi connectivity index (χ0) is 20.0. The second-order valence-electron chi connectivity index (χ2n) is 8.62. The third-order valence-electron chi connectivity index (χ3n) is 5.63. The number of anilines is 1. The summed E-state index contributed by atoms with van der Waals surface area (Å²) in [5.41, 5.74) is 6.83. The average molecular weight is 376 g/mol. The van der Waals surface area contributed by atoms with Crippen LogP contribution in [0.4, 0.5) is 5.69 Å². The van der Waals surface area contributed by atoms with Crippen molar-refractivity contribution in [2.24, 2.45) is 5.92 Å². The van der Waals surface area contributed by atoms with Gasteiger partial charge in [0.05, 0.1) is 11.0 Å². The highest BCUT2D eigenvalue weighted by Crippen LogP contribution is 2.36. The lowest BCUT2D eigenvalue weighted by molar-refractivity contribution is -0.117. The predicted molar refractivity (Wildman–Crippen MR) is 115 cm³/mol. The number of imidazole rings is 1. The molecule has 1 atom stereocenters. The average Bonchev–Trinajstić information content (AvgIpc) is 3.15. The fraction of sp³-hybridized carbons (Fsp3) is 0.417. The standard InChI is InChI=1S/C24H29N3O/c1-15(2)13-26-21-9-7-6-8-20(21)25-24(26)19-12-22(28)27(14-19)23-17(4)10-16(3)11-18(23)5/h6-11,15,19H,12-14H2,1-5H3/t19-/m1/s1. The van der Waals surface area contributed by atoms with Crippen molar-refractivity contribution in [1.29, 1.82) is 0 Å². The molecule has 0 radical (unpaired) electrons. The van der Waals surface area contributed by atoms with Gasteiger partial charge < -0.3 is 9.47 Å². The Bertz CT molecular complexity index is 1020. The molecule has 1 aromatic heterocycles. The first-order valence-corrected chi connectivity index (χ1v) is 10.2. The number of rotatable bonds is 4. The highest BCUT2D eigenvalue weighted by Gasteiger charge is 2.36. The molecule has 3 aromatic rings. The van der Waals surface area contributed by atoms with Gasteiger partial charge in [-0.1, -0.05) is 43.7 Å². The molecule has 1 amide bonds. The van der Waals surface area contributed by atoms with Gasteiger partial charge in [-0.05, 0) is 49.9 Å². The summed E-state index contributed by atoms with van der Waals surface area (Å²) >= 11 is 0. The van der Waals surface area contributed by atoms with E-state index in [1.807, 2.05) is 11.0 Å². The number of fused-ring (bicyclic) bond motifs is 1. The van der Waals surface area contributed by atoms with Crippen LogP contribution in [0.5, 0.6) is 0 Å². The molecular formula is C24H29N3O. The Hall–Kier alpha value is -2.62. The Labute approximate surface area is 167 Å². The van der Waals surface area contributed by atoms with Crippen molar-refractivity contribution in [3.63, 3.8) is 0 Å². The van der Waals surface area contributed by atoms with Crippen molar-refractivity contribution in [3.8, 4) is 0 Å². The summed E-state index contributed by atoms with van der Waals surface area (Å²) in [6.45, 7) is 12.4. The molecule has 4 rings (SSSR count). The Balaban J connectivity index is 1.74. The lowest BCUT2D eigenvalue weighted by Crippen LogP contribution is -2.26. The summed E-state index contributed by atoms with van der Waals surface area (Å²) in [5.74, 6) is 1.89. The molecule has 2 heterocycles. The largest absolute Gasteiger partial charge is 0.327 e. The highest BCUT2D eigenvalue weighted by atomic mass is 16.2. The maximum absolute atomic E-state index is 13.0. The summed E-state index contributed by atoms with van der Waals surface area (Å²) < 4.78 is 2.33. The first-order valence-electron chi connectivity index (χ1n) is 10.2. The quantitative estimate of drug-likeness (QED) is 0.633. The van der Waals surface area contributed by atoms with E-state index < -0.39 is 0 Å². The van der Waals surface area contributed by atoms with E-state index in [0.29, 0.717) is 18.9 Å². The van der Waals surface area contributed by atoms with Crippen molar-refractivity contribution in [2.45, 2.75) is 53.5 Å². The van der Waals surface area contributed by atoms with Crippen LogP contribution in [0.25, 0.3) is 11.0 Å². The second kappa shape index (κ2) is 7.08. The Kier molecular flexibility index (Phi) is 4.74. The summed E-state index contributed by atoms with van der Waals surface area (Å²) in [4.78, 5) is 19.9. The summed E-state index contributed by atoms with van der Waals surface area (Å²) in [6.07, 6.45) is 0.522. The van der Waals surface area contributed by atoms with Gasteiger partial charge in [-0.15, -0.1) is 0 Å². The molecule has 0 N–H and O–H groups in total. The molecule has 0 saturated carbocycles. The number of para-hydroxylation sites is 2. The van der Waals surface area contributed by atoms with Gasteiger partial charge in [0.15, 0.2) is 0 Å². The van der Waals surface area contributed by atoms with Crippen LogP contribution in [0.2, 0.25) is 0 Å². The number of aryl methyl sites for hydroxylation is 3. The van der Waals surface area contributed by atoms with Crippen molar-refractivity contribution in [2.75, 3.05) is 11.4 Å². The van der Waals surface area contributed by atoms with E-state index in [1.54, 1.807) is 0 Å². The van der Waals surface area contributed by atoms with Crippen molar-refractivity contribution < 1.29 is 4.79 Å². The summed E-state index contributed by atoms with van der Waals surface area (Å²) in [6, 6.07) is 12.6. The normalized spacial score (nSPS) is 17.3.